The lowest BCUT2D eigenvalue weighted by molar-refractivity contribution is -0.147. The van der Waals surface area contributed by atoms with Crippen molar-refractivity contribution >= 4 is 22.0 Å². The molecule has 22 heavy (non-hydrogen) atoms. The van der Waals surface area contributed by atoms with Crippen LogP contribution in [0.25, 0.3) is 0 Å². The second kappa shape index (κ2) is 6.80. The van der Waals surface area contributed by atoms with E-state index in [1.807, 2.05) is 0 Å². The molecule has 1 unspecified atom stereocenters. The fourth-order valence-corrected chi connectivity index (χ4v) is 3.39. The van der Waals surface area contributed by atoms with Gasteiger partial charge in [0, 0.05) is 32.7 Å². The van der Waals surface area contributed by atoms with Gasteiger partial charge in [-0.3, -0.25) is 0 Å². The number of carbonyl (C=O) groups excluding carboxylic acids is 2. The van der Waals surface area contributed by atoms with Crippen molar-refractivity contribution in [2.75, 3.05) is 59.3 Å². The van der Waals surface area contributed by atoms with Crippen molar-refractivity contribution in [3.05, 3.63) is 0 Å². The molecular weight excluding hydrogens is 314 g/mol. The predicted molar refractivity (Wildman–Crippen MR) is 76.7 cm³/mol. The molecule has 0 aromatic rings. The van der Waals surface area contributed by atoms with Crippen LogP contribution in [0.1, 0.15) is 0 Å². The van der Waals surface area contributed by atoms with E-state index >= 15 is 0 Å². The van der Waals surface area contributed by atoms with E-state index in [-0.39, 0.29) is 25.7 Å². The Hall–Kier alpha value is -1.39. The largest absolute Gasteiger partial charge is 0.467 e. The van der Waals surface area contributed by atoms with E-state index in [1.165, 1.54) is 16.3 Å². The van der Waals surface area contributed by atoms with Gasteiger partial charge in [-0.2, -0.15) is 4.31 Å². The molecule has 2 saturated heterocycles. The highest BCUT2D eigenvalue weighted by molar-refractivity contribution is 7.88. The fraction of sp³-hybridized carbons (Fsp3) is 0.833. The Bertz CT molecular complexity index is 531. The number of ether oxygens (including phenoxy) is 2. The van der Waals surface area contributed by atoms with Gasteiger partial charge in [-0.1, -0.05) is 0 Å². The summed E-state index contributed by atoms with van der Waals surface area (Å²) < 4.78 is 34.4. The second-order valence-corrected chi connectivity index (χ2v) is 7.22. The third-order valence-corrected chi connectivity index (χ3v) is 5.08. The van der Waals surface area contributed by atoms with Gasteiger partial charge in [-0.25, -0.2) is 18.0 Å². The standard InChI is InChI=1S/C12H21N3O6S/c1-20-11(16)10-9-14(22(2,18)19)3-4-15(10)12(17)13-5-7-21-8-6-13/h10H,3-9H2,1-2H3. The maximum absolute atomic E-state index is 12.6. The Labute approximate surface area is 129 Å². The Balaban J connectivity index is 2.15. The summed E-state index contributed by atoms with van der Waals surface area (Å²) in [5, 5.41) is 0. The summed E-state index contributed by atoms with van der Waals surface area (Å²) in [6.07, 6.45) is 1.08. The molecule has 2 heterocycles. The minimum Gasteiger partial charge on any atom is -0.467 e. The van der Waals surface area contributed by atoms with Gasteiger partial charge in [0.2, 0.25) is 10.0 Å². The average molecular weight is 335 g/mol. The van der Waals surface area contributed by atoms with E-state index < -0.39 is 22.0 Å². The first kappa shape index (κ1) is 17.0. The summed E-state index contributed by atoms with van der Waals surface area (Å²) in [7, 11) is -2.20. The van der Waals surface area contributed by atoms with Crippen LogP contribution in [0.2, 0.25) is 0 Å². The van der Waals surface area contributed by atoms with Gasteiger partial charge < -0.3 is 19.3 Å². The number of esters is 1. The Kier molecular flexibility index (Phi) is 5.24. The molecule has 0 bridgehead atoms. The zero-order valence-corrected chi connectivity index (χ0v) is 13.5. The fourth-order valence-electron chi connectivity index (χ4n) is 2.56. The minimum absolute atomic E-state index is 0.0818. The van der Waals surface area contributed by atoms with Crippen LogP contribution in [0, 0.1) is 0 Å². The van der Waals surface area contributed by atoms with Gasteiger partial charge in [-0.15, -0.1) is 0 Å². The molecule has 9 nitrogen and oxygen atoms in total. The normalized spacial score (nSPS) is 24.2. The summed E-state index contributed by atoms with van der Waals surface area (Å²) in [5.41, 5.74) is 0. The highest BCUT2D eigenvalue weighted by Gasteiger charge is 2.40. The van der Waals surface area contributed by atoms with Crippen molar-refractivity contribution in [1.29, 1.82) is 0 Å². The van der Waals surface area contributed by atoms with E-state index in [9.17, 15) is 18.0 Å². The van der Waals surface area contributed by atoms with Crippen molar-refractivity contribution in [2.45, 2.75) is 6.04 Å². The SMILES string of the molecule is COC(=O)C1CN(S(C)(=O)=O)CCN1C(=O)N1CCOCC1. The van der Waals surface area contributed by atoms with E-state index in [0.29, 0.717) is 26.3 Å². The number of piperazine rings is 1. The number of hydrogen-bond acceptors (Lipinski definition) is 6. The molecule has 0 aromatic carbocycles. The number of rotatable bonds is 2. The number of carbonyl (C=O) groups is 2. The van der Waals surface area contributed by atoms with Gasteiger partial charge in [-0.05, 0) is 0 Å². The summed E-state index contributed by atoms with van der Waals surface area (Å²) >= 11 is 0. The summed E-state index contributed by atoms with van der Waals surface area (Å²) in [6, 6.07) is -1.21. The first-order chi connectivity index (χ1) is 10.3. The van der Waals surface area contributed by atoms with Crippen LogP contribution in [0.4, 0.5) is 4.79 Å². The molecule has 2 amide bonds. The number of amides is 2. The van der Waals surface area contributed by atoms with E-state index in [0.717, 1.165) is 6.26 Å². The topological polar surface area (TPSA) is 96.5 Å². The van der Waals surface area contributed by atoms with Gasteiger partial charge in [0.15, 0.2) is 0 Å². The maximum atomic E-state index is 12.6. The van der Waals surface area contributed by atoms with Crippen LogP contribution in [-0.2, 0) is 24.3 Å². The molecule has 0 aliphatic carbocycles. The molecule has 0 spiro atoms. The summed E-state index contributed by atoms with van der Waals surface area (Å²) in [4.78, 5) is 27.5. The third kappa shape index (κ3) is 3.68. The van der Waals surface area contributed by atoms with Crippen LogP contribution < -0.4 is 0 Å². The first-order valence-electron chi connectivity index (χ1n) is 7.01. The Morgan fingerprint density at radius 2 is 1.77 bits per heavy atom. The van der Waals surface area contributed by atoms with Crippen LogP contribution in [0.5, 0.6) is 0 Å². The third-order valence-electron chi connectivity index (χ3n) is 3.81. The van der Waals surface area contributed by atoms with Gasteiger partial charge >= 0.3 is 12.0 Å². The first-order valence-corrected chi connectivity index (χ1v) is 8.85. The molecule has 1 atom stereocenters. The van der Waals surface area contributed by atoms with Crippen molar-refractivity contribution in [3.63, 3.8) is 0 Å². The summed E-state index contributed by atoms with van der Waals surface area (Å²) in [5.74, 6) is -0.616. The lowest BCUT2D eigenvalue weighted by atomic mass is 10.2. The van der Waals surface area contributed by atoms with Crippen molar-refractivity contribution in [3.8, 4) is 0 Å². The molecule has 2 aliphatic heterocycles. The average Bonchev–Trinajstić information content (AvgIpc) is 2.52. The molecule has 2 aliphatic rings. The highest BCUT2D eigenvalue weighted by Crippen LogP contribution is 2.17. The zero-order valence-electron chi connectivity index (χ0n) is 12.7. The predicted octanol–water partition coefficient (Wildman–Crippen LogP) is -1.44. The quantitative estimate of drug-likeness (QED) is 0.573. The summed E-state index contributed by atoms with van der Waals surface area (Å²) in [6.45, 7) is 2.07. The van der Waals surface area contributed by atoms with Crippen LogP contribution >= 0.6 is 0 Å². The van der Waals surface area contributed by atoms with Crippen molar-refractivity contribution in [1.82, 2.24) is 14.1 Å². The number of hydrogen-bond donors (Lipinski definition) is 0. The highest BCUT2D eigenvalue weighted by atomic mass is 32.2. The van der Waals surface area contributed by atoms with Crippen LogP contribution in [0.3, 0.4) is 0 Å². The van der Waals surface area contributed by atoms with Crippen molar-refractivity contribution in [2.24, 2.45) is 0 Å². The number of urea groups is 1. The zero-order chi connectivity index (χ0) is 16.3. The smallest absolute Gasteiger partial charge is 0.330 e. The molecular formula is C12H21N3O6S. The Morgan fingerprint density at radius 3 is 2.32 bits per heavy atom. The van der Waals surface area contributed by atoms with Crippen LogP contribution in [0.15, 0.2) is 0 Å². The molecule has 10 heteroatoms. The van der Waals surface area contributed by atoms with E-state index in [2.05, 4.69) is 0 Å². The van der Waals surface area contributed by atoms with Crippen LogP contribution in [-0.4, -0.2) is 99.9 Å². The number of sulfonamides is 1. The minimum atomic E-state index is -3.42. The van der Waals surface area contributed by atoms with Gasteiger partial charge in [0.25, 0.3) is 0 Å². The molecule has 0 N–H and O–H groups in total. The van der Waals surface area contributed by atoms with Gasteiger partial charge in [0.1, 0.15) is 6.04 Å². The number of methoxy groups -OCH3 is 1. The maximum Gasteiger partial charge on any atom is 0.330 e. The monoisotopic (exact) mass is 335 g/mol. The number of nitrogens with zero attached hydrogens (tertiary/aromatic N) is 3. The van der Waals surface area contributed by atoms with E-state index in [1.54, 1.807) is 4.90 Å². The molecule has 2 rings (SSSR count). The molecule has 0 radical (unpaired) electrons. The Morgan fingerprint density at radius 1 is 1.14 bits per heavy atom. The lowest BCUT2D eigenvalue weighted by Crippen LogP contribution is -2.62. The molecule has 0 aromatic heterocycles. The molecule has 2 fully saturated rings. The second-order valence-electron chi connectivity index (χ2n) is 5.24. The molecule has 126 valence electrons. The molecule has 0 saturated carbocycles. The lowest BCUT2D eigenvalue weighted by Gasteiger charge is -2.41. The van der Waals surface area contributed by atoms with Gasteiger partial charge in [0.05, 0.1) is 26.6 Å². The number of morpholine rings is 1. The van der Waals surface area contributed by atoms with Crippen molar-refractivity contribution < 1.29 is 27.5 Å². The van der Waals surface area contributed by atoms with E-state index in [4.69, 9.17) is 9.47 Å².